The number of rotatable bonds is 4. The van der Waals surface area contributed by atoms with Crippen LogP contribution in [0, 0.1) is 15.5 Å². The number of urea groups is 1. The number of benzene rings is 1. The summed E-state index contributed by atoms with van der Waals surface area (Å²) in [5.41, 5.74) is -1.95. The van der Waals surface area contributed by atoms with E-state index in [9.17, 15) is 28.1 Å². The van der Waals surface area contributed by atoms with Gasteiger partial charge in [-0.3, -0.25) is 15.5 Å². The molecular formula is C13H13F3N4O4. The van der Waals surface area contributed by atoms with Gasteiger partial charge in [0.15, 0.2) is 0 Å². The lowest BCUT2D eigenvalue weighted by atomic mass is 10.2. The topological polar surface area (TPSA) is 117 Å². The molecule has 0 aromatic heterocycles. The molecule has 0 bridgehead atoms. The predicted octanol–water partition coefficient (Wildman–Crippen LogP) is 2.80. The Morgan fingerprint density at radius 1 is 1.42 bits per heavy atom. The summed E-state index contributed by atoms with van der Waals surface area (Å²) in [6.07, 6.45) is -3.71. The van der Waals surface area contributed by atoms with Crippen molar-refractivity contribution in [3.63, 3.8) is 0 Å². The third-order valence-electron chi connectivity index (χ3n) is 2.59. The predicted molar refractivity (Wildman–Crippen MR) is 77.8 cm³/mol. The van der Waals surface area contributed by atoms with E-state index >= 15 is 0 Å². The quantitative estimate of drug-likeness (QED) is 0.336. The van der Waals surface area contributed by atoms with Crippen molar-refractivity contribution in [2.75, 3.05) is 7.05 Å². The number of carbonyl (C=O) groups excluding carboxylic acids is 1. The molecule has 3 N–H and O–H groups in total. The Morgan fingerprint density at radius 3 is 2.54 bits per heavy atom. The van der Waals surface area contributed by atoms with Gasteiger partial charge in [0.25, 0.3) is 0 Å². The largest absolute Gasteiger partial charge is 0.432 e. The monoisotopic (exact) mass is 346 g/mol. The SMILES string of the molecule is CNC(=O)N/C(C)=C\C(=N)Oc1ccc(C(F)(F)F)cc1[N+](=O)[O-]. The fourth-order valence-corrected chi connectivity index (χ4v) is 1.54. The van der Waals surface area contributed by atoms with E-state index in [1.165, 1.54) is 14.0 Å². The minimum absolute atomic E-state index is 0.189. The first-order valence-electron chi connectivity index (χ1n) is 6.33. The Balaban J connectivity index is 3.02. The van der Waals surface area contributed by atoms with Gasteiger partial charge in [-0.1, -0.05) is 0 Å². The molecule has 0 heterocycles. The minimum atomic E-state index is -4.75. The van der Waals surface area contributed by atoms with Gasteiger partial charge in [-0.05, 0) is 19.1 Å². The summed E-state index contributed by atoms with van der Waals surface area (Å²) >= 11 is 0. The van der Waals surface area contributed by atoms with Gasteiger partial charge in [-0.25, -0.2) is 4.79 Å². The maximum absolute atomic E-state index is 12.6. The van der Waals surface area contributed by atoms with Gasteiger partial charge >= 0.3 is 17.9 Å². The molecule has 1 aromatic rings. The highest BCUT2D eigenvalue weighted by atomic mass is 19.4. The maximum Gasteiger partial charge on any atom is 0.416 e. The molecule has 2 amide bonds. The van der Waals surface area contributed by atoms with Crippen molar-refractivity contribution in [1.82, 2.24) is 10.6 Å². The third-order valence-corrected chi connectivity index (χ3v) is 2.59. The van der Waals surface area contributed by atoms with Gasteiger partial charge in [0, 0.05) is 24.9 Å². The molecule has 24 heavy (non-hydrogen) atoms. The van der Waals surface area contributed by atoms with Crippen molar-refractivity contribution in [2.24, 2.45) is 0 Å². The number of nitrogens with one attached hydrogen (secondary N) is 3. The van der Waals surface area contributed by atoms with Gasteiger partial charge in [0.2, 0.25) is 11.6 Å². The van der Waals surface area contributed by atoms with Gasteiger partial charge in [-0.15, -0.1) is 0 Å². The lowest BCUT2D eigenvalue weighted by Gasteiger charge is -2.10. The van der Waals surface area contributed by atoms with Crippen LogP contribution < -0.4 is 15.4 Å². The van der Waals surface area contributed by atoms with E-state index in [-0.39, 0.29) is 5.70 Å². The Bertz CT molecular complexity index is 701. The zero-order chi connectivity index (χ0) is 18.5. The summed E-state index contributed by atoms with van der Waals surface area (Å²) in [5.74, 6) is -1.13. The molecule has 0 saturated carbocycles. The highest BCUT2D eigenvalue weighted by Gasteiger charge is 2.33. The van der Waals surface area contributed by atoms with Gasteiger partial charge in [0.05, 0.1) is 10.5 Å². The molecule has 0 aliphatic heterocycles. The van der Waals surface area contributed by atoms with Crippen LogP contribution in [0.3, 0.4) is 0 Å². The normalized spacial score (nSPS) is 11.6. The molecule has 0 spiro atoms. The first kappa shape index (κ1) is 18.9. The number of alkyl halides is 3. The van der Waals surface area contributed by atoms with E-state index in [2.05, 4.69) is 10.6 Å². The smallest absolute Gasteiger partial charge is 0.416 e. The van der Waals surface area contributed by atoms with E-state index < -0.39 is 40.0 Å². The van der Waals surface area contributed by atoms with E-state index in [0.717, 1.165) is 12.1 Å². The molecule has 0 fully saturated rings. The van der Waals surface area contributed by atoms with Crippen LogP contribution in [-0.2, 0) is 6.18 Å². The summed E-state index contributed by atoms with van der Waals surface area (Å²) in [7, 11) is 1.37. The maximum atomic E-state index is 12.6. The number of hydrogen-bond acceptors (Lipinski definition) is 5. The fraction of sp³-hybridized carbons (Fsp3) is 0.231. The molecule has 0 aliphatic rings. The molecular weight excluding hydrogens is 333 g/mol. The Labute approximate surface area is 134 Å². The van der Waals surface area contributed by atoms with Crippen LogP contribution in [-0.4, -0.2) is 23.9 Å². The van der Waals surface area contributed by atoms with Crippen molar-refractivity contribution >= 4 is 17.6 Å². The second-order valence-corrected chi connectivity index (χ2v) is 4.44. The van der Waals surface area contributed by atoms with Crippen molar-refractivity contribution in [3.8, 4) is 5.75 Å². The minimum Gasteiger partial charge on any atom is -0.432 e. The van der Waals surface area contributed by atoms with Crippen LogP contribution in [0.5, 0.6) is 5.75 Å². The van der Waals surface area contributed by atoms with Crippen LogP contribution in [0.4, 0.5) is 23.7 Å². The van der Waals surface area contributed by atoms with Crippen molar-refractivity contribution in [3.05, 3.63) is 45.6 Å². The summed E-state index contributed by atoms with van der Waals surface area (Å²) in [5, 5.41) is 23.0. The van der Waals surface area contributed by atoms with Crippen LogP contribution in [0.2, 0.25) is 0 Å². The fourth-order valence-electron chi connectivity index (χ4n) is 1.54. The standard InChI is InChI=1S/C13H13F3N4O4/c1-7(19-12(21)18-2)5-11(17)24-10-4-3-8(13(14,15)16)6-9(10)20(22)23/h3-6,17H,1-2H3,(H2,18,19,21)/b7-5-,17-11?. The van der Waals surface area contributed by atoms with E-state index in [1.807, 2.05) is 0 Å². The molecule has 1 rings (SSSR count). The summed E-state index contributed by atoms with van der Waals surface area (Å²) < 4.78 is 42.7. The molecule has 0 radical (unpaired) electrons. The first-order chi connectivity index (χ1) is 11.0. The highest BCUT2D eigenvalue weighted by Crippen LogP contribution is 2.36. The molecule has 0 saturated heterocycles. The highest BCUT2D eigenvalue weighted by molar-refractivity contribution is 5.89. The van der Waals surface area contributed by atoms with Crippen molar-refractivity contribution in [2.45, 2.75) is 13.1 Å². The van der Waals surface area contributed by atoms with E-state index in [1.54, 1.807) is 0 Å². The van der Waals surface area contributed by atoms with Crippen molar-refractivity contribution in [1.29, 1.82) is 5.41 Å². The molecule has 1 aromatic carbocycles. The number of nitrogens with zero attached hydrogens (tertiary/aromatic N) is 1. The first-order valence-corrected chi connectivity index (χ1v) is 6.33. The average molecular weight is 346 g/mol. The number of carbonyl (C=O) groups is 1. The van der Waals surface area contributed by atoms with Gasteiger partial charge in [-0.2, -0.15) is 13.2 Å². The molecule has 0 aliphatic carbocycles. The summed E-state index contributed by atoms with van der Waals surface area (Å²) in [6.45, 7) is 1.42. The third kappa shape index (κ3) is 5.26. The number of nitro groups is 1. The van der Waals surface area contributed by atoms with Crippen LogP contribution in [0.1, 0.15) is 12.5 Å². The number of halogens is 3. The lowest BCUT2D eigenvalue weighted by Crippen LogP contribution is -2.31. The second kappa shape index (κ2) is 7.44. The van der Waals surface area contributed by atoms with Crippen molar-refractivity contribution < 1.29 is 27.6 Å². The zero-order valence-corrected chi connectivity index (χ0v) is 12.5. The second-order valence-electron chi connectivity index (χ2n) is 4.44. The van der Waals surface area contributed by atoms with Crippen LogP contribution in [0.25, 0.3) is 0 Å². The van der Waals surface area contributed by atoms with Crippen LogP contribution in [0.15, 0.2) is 30.0 Å². The summed E-state index contributed by atoms with van der Waals surface area (Å²) in [4.78, 5) is 20.9. The van der Waals surface area contributed by atoms with E-state index in [4.69, 9.17) is 10.1 Å². The molecule has 0 unspecified atom stereocenters. The molecule has 8 nitrogen and oxygen atoms in total. The molecule has 0 atom stereocenters. The Morgan fingerprint density at radius 2 is 2.04 bits per heavy atom. The number of amides is 2. The van der Waals surface area contributed by atoms with Gasteiger partial charge < -0.3 is 15.4 Å². The Kier molecular flexibility index (Phi) is 5.87. The number of ether oxygens (including phenoxy) is 1. The Hall–Kier alpha value is -3.11. The summed E-state index contributed by atoms with van der Waals surface area (Å²) in [6, 6.07) is 1.12. The average Bonchev–Trinajstić information content (AvgIpc) is 2.45. The molecule has 130 valence electrons. The zero-order valence-electron chi connectivity index (χ0n) is 12.5. The van der Waals surface area contributed by atoms with Gasteiger partial charge in [0.1, 0.15) is 0 Å². The number of hydrogen-bond donors (Lipinski definition) is 3. The van der Waals surface area contributed by atoms with E-state index in [0.29, 0.717) is 12.1 Å². The number of nitro benzene ring substituents is 1. The molecule has 11 heteroatoms. The van der Waals surface area contributed by atoms with Crippen LogP contribution >= 0.6 is 0 Å². The number of allylic oxidation sites excluding steroid dienone is 1. The lowest BCUT2D eigenvalue weighted by molar-refractivity contribution is -0.385.